The first-order valence-corrected chi connectivity index (χ1v) is 9.47. The van der Waals surface area contributed by atoms with Crippen molar-refractivity contribution < 1.29 is 19.5 Å². The van der Waals surface area contributed by atoms with E-state index in [9.17, 15) is 19.5 Å². The molecule has 0 bridgehead atoms. The highest BCUT2D eigenvalue weighted by Gasteiger charge is 2.41. The van der Waals surface area contributed by atoms with Crippen LogP contribution in [0.3, 0.4) is 0 Å². The van der Waals surface area contributed by atoms with Gasteiger partial charge in [0.05, 0.1) is 11.3 Å². The first-order chi connectivity index (χ1) is 11.9. The van der Waals surface area contributed by atoms with E-state index in [1.54, 1.807) is 11.8 Å². The van der Waals surface area contributed by atoms with Crippen molar-refractivity contribution in [1.82, 2.24) is 14.7 Å². The summed E-state index contributed by atoms with van der Waals surface area (Å²) in [5.41, 5.74) is -0.854. The molecule has 3 rings (SSSR count). The number of amides is 3. The van der Waals surface area contributed by atoms with E-state index in [-0.39, 0.29) is 24.4 Å². The van der Waals surface area contributed by atoms with E-state index < -0.39 is 11.4 Å². The minimum atomic E-state index is -0.854. The summed E-state index contributed by atoms with van der Waals surface area (Å²) in [5, 5.41) is 9.45. The Kier molecular flexibility index (Phi) is 5.20. The first kappa shape index (κ1) is 18.0. The zero-order chi connectivity index (χ0) is 18.0. The Morgan fingerprint density at radius 2 is 1.56 bits per heavy atom. The molecule has 3 heterocycles. The number of nitrogens with zero attached hydrogens (tertiary/aromatic N) is 3. The lowest BCUT2D eigenvalue weighted by Crippen LogP contribution is -2.54. The third kappa shape index (κ3) is 3.75. The van der Waals surface area contributed by atoms with E-state index in [1.165, 1.54) is 0 Å². The third-order valence-electron chi connectivity index (χ3n) is 5.94. The standard InChI is InChI=1S/C18H29N3O4/c1-18(16(23)24)7-5-11-21(13-18)15(22)14-6-4-10-20(12-14)17(25)19-8-2-3-9-19/h14H,2-13H2,1H3,(H,23,24). The van der Waals surface area contributed by atoms with Gasteiger partial charge in [-0.05, 0) is 45.4 Å². The Labute approximate surface area is 148 Å². The van der Waals surface area contributed by atoms with Crippen LogP contribution in [-0.4, -0.2) is 77.0 Å². The van der Waals surface area contributed by atoms with Crippen LogP contribution in [0.15, 0.2) is 0 Å². The summed E-state index contributed by atoms with van der Waals surface area (Å²) in [6, 6.07) is 0.0593. The summed E-state index contributed by atoms with van der Waals surface area (Å²) < 4.78 is 0. The summed E-state index contributed by atoms with van der Waals surface area (Å²) in [6.45, 7) is 5.43. The van der Waals surface area contributed by atoms with E-state index in [1.807, 2.05) is 9.80 Å². The van der Waals surface area contributed by atoms with E-state index in [0.717, 1.165) is 45.2 Å². The molecule has 0 aromatic carbocycles. The highest BCUT2D eigenvalue weighted by molar-refractivity contribution is 5.82. The van der Waals surface area contributed by atoms with Crippen molar-refractivity contribution in [2.45, 2.75) is 45.4 Å². The monoisotopic (exact) mass is 351 g/mol. The van der Waals surface area contributed by atoms with Crippen LogP contribution in [0.25, 0.3) is 0 Å². The Hall–Kier alpha value is -1.79. The van der Waals surface area contributed by atoms with E-state index >= 15 is 0 Å². The molecule has 0 aromatic rings. The minimum Gasteiger partial charge on any atom is -0.481 e. The molecule has 3 fully saturated rings. The zero-order valence-electron chi connectivity index (χ0n) is 15.1. The van der Waals surface area contributed by atoms with Crippen LogP contribution in [0.5, 0.6) is 0 Å². The predicted molar refractivity (Wildman–Crippen MR) is 92.1 cm³/mol. The number of carboxylic acid groups (broad SMARTS) is 1. The summed E-state index contributed by atoms with van der Waals surface area (Å²) in [4.78, 5) is 42.4. The maximum atomic E-state index is 12.9. The van der Waals surface area contributed by atoms with Gasteiger partial charge in [-0.15, -0.1) is 0 Å². The first-order valence-electron chi connectivity index (χ1n) is 9.47. The number of piperidine rings is 2. The van der Waals surface area contributed by atoms with Crippen molar-refractivity contribution in [1.29, 1.82) is 0 Å². The van der Waals surface area contributed by atoms with Crippen LogP contribution in [0, 0.1) is 11.3 Å². The highest BCUT2D eigenvalue weighted by atomic mass is 16.4. The molecule has 1 N–H and O–H groups in total. The molecule has 140 valence electrons. The van der Waals surface area contributed by atoms with Crippen LogP contribution < -0.4 is 0 Å². The van der Waals surface area contributed by atoms with Gasteiger partial charge >= 0.3 is 12.0 Å². The van der Waals surface area contributed by atoms with E-state index in [4.69, 9.17) is 0 Å². The van der Waals surface area contributed by atoms with Gasteiger partial charge in [0.2, 0.25) is 5.91 Å². The van der Waals surface area contributed by atoms with Gasteiger partial charge in [-0.25, -0.2) is 4.79 Å². The fourth-order valence-electron chi connectivity index (χ4n) is 4.32. The molecule has 7 nitrogen and oxygen atoms in total. The highest BCUT2D eigenvalue weighted by Crippen LogP contribution is 2.31. The molecule has 3 aliphatic rings. The number of hydrogen-bond donors (Lipinski definition) is 1. The minimum absolute atomic E-state index is 0.0195. The normalized spacial score (nSPS) is 30.4. The maximum absolute atomic E-state index is 12.9. The number of carboxylic acids is 1. The van der Waals surface area contributed by atoms with E-state index in [0.29, 0.717) is 26.1 Å². The number of urea groups is 1. The molecule has 3 aliphatic heterocycles. The predicted octanol–water partition coefficient (Wildman–Crippen LogP) is 1.63. The molecule has 3 amide bonds. The average molecular weight is 351 g/mol. The molecule has 0 aromatic heterocycles. The Bertz CT molecular complexity index is 546. The topological polar surface area (TPSA) is 81.2 Å². The second kappa shape index (κ2) is 7.22. The van der Waals surface area contributed by atoms with Gasteiger partial charge in [0.1, 0.15) is 0 Å². The second-order valence-electron chi connectivity index (χ2n) is 7.99. The van der Waals surface area contributed by atoms with Gasteiger partial charge in [0, 0.05) is 39.3 Å². The van der Waals surface area contributed by atoms with Gasteiger partial charge in [0.25, 0.3) is 0 Å². The number of carbonyl (C=O) groups is 3. The van der Waals surface area contributed by atoms with Crippen LogP contribution in [0.1, 0.15) is 45.4 Å². The van der Waals surface area contributed by atoms with Crippen molar-refractivity contribution in [3.05, 3.63) is 0 Å². The van der Waals surface area contributed by atoms with E-state index in [2.05, 4.69) is 0 Å². The summed E-state index contributed by atoms with van der Waals surface area (Å²) >= 11 is 0. The summed E-state index contributed by atoms with van der Waals surface area (Å²) in [6.07, 6.45) is 5.06. The summed E-state index contributed by atoms with van der Waals surface area (Å²) in [5.74, 6) is -1.01. The Balaban J connectivity index is 1.61. The van der Waals surface area contributed by atoms with Crippen LogP contribution in [-0.2, 0) is 9.59 Å². The number of rotatable bonds is 2. The average Bonchev–Trinajstić information content (AvgIpc) is 3.15. The maximum Gasteiger partial charge on any atom is 0.320 e. The van der Waals surface area contributed by atoms with Crippen molar-refractivity contribution in [2.24, 2.45) is 11.3 Å². The van der Waals surface area contributed by atoms with Crippen LogP contribution in [0.2, 0.25) is 0 Å². The van der Waals surface area contributed by atoms with Crippen molar-refractivity contribution in [3.8, 4) is 0 Å². The number of aliphatic carboxylic acids is 1. The van der Waals surface area contributed by atoms with Crippen LogP contribution in [0.4, 0.5) is 4.79 Å². The molecule has 0 spiro atoms. The fourth-order valence-corrected chi connectivity index (χ4v) is 4.32. The molecule has 0 saturated carbocycles. The molecule has 0 radical (unpaired) electrons. The summed E-state index contributed by atoms with van der Waals surface area (Å²) in [7, 11) is 0. The molecular weight excluding hydrogens is 322 g/mol. The van der Waals surface area contributed by atoms with Gasteiger partial charge in [-0.3, -0.25) is 9.59 Å². The fraction of sp³-hybridized carbons (Fsp3) is 0.833. The Morgan fingerprint density at radius 1 is 0.920 bits per heavy atom. The SMILES string of the molecule is CC1(C(=O)O)CCCN(C(=O)C2CCCN(C(=O)N3CCCC3)C2)C1. The van der Waals surface area contributed by atoms with Crippen molar-refractivity contribution in [3.63, 3.8) is 0 Å². The number of hydrogen-bond acceptors (Lipinski definition) is 3. The lowest BCUT2D eigenvalue weighted by Gasteiger charge is -2.41. The van der Waals surface area contributed by atoms with Crippen molar-refractivity contribution >= 4 is 17.9 Å². The zero-order valence-corrected chi connectivity index (χ0v) is 15.1. The molecule has 0 aliphatic carbocycles. The number of carbonyl (C=O) groups excluding carboxylic acids is 2. The lowest BCUT2D eigenvalue weighted by atomic mass is 9.81. The van der Waals surface area contributed by atoms with Crippen LogP contribution >= 0.6 is 0 Å². The molecule has 2 unspecified atom stereocenters. The lowest BCUT2D eigenvalue weighted by molar-refractivity contribution is -0.154. The smallest absolute Gasteiger partial charge is 0.320 e. The third-order valence-corrected chi connectivity index (χ3v) is 5.94. The molecule has 3 saturated heterocycles. The van der Waals surface area contributed by atoms with Gasteiger partial charge in [0.15, 0.2) is 0 Å². The molecule has 7 heteroatoms. The molecule has 2 atom stereocenters. The van der Waals surface area contributed by atoms with Gasteiger partial charge < -0.3 is 19.8 Å². The molecule has 25 heavy (non-hydrogen) atoms. The quantitative estimate of drug-likeness (QED) is 0.820. The van der Waals surface area contributed by atoms with Gasteiger partial charge in [-0.1, -0.05) is 0 Å². The number of likely N-dealkylation sites (tertiary alicyclic amines) is 3. The second-order valence-corrected chi connectivity index (χ2v) is 7.99. The van der Waals surface area contributed by atoms with Crippen molar-refractivity contribution in [2.75, 3.05) is 39.3 Å². The Morgan fingerprint density at radius 3 is 2.24 bits per heavy atom. The largest absolute Gasteiger partial charge is 0.481 e. The van der Waals surface area contributed by atoms with Gasteiger partial charge in [-0.2, -0.15) is 0 Å². The molecular formula is C18H29N3O4.